The zero-order valence-corrected chi connectivity index (χ0v) is 20.3. The van der Waals surface area contributed by atoms with Crippen molar-refractivity contribution in [3.8, 4) is 11.5 Å². The minimum atomic E-state index is -0.309. The van der Waals surface area contributed by atoms with Crippen molar-refractivity contribution in [1.82, 2.24) is 9.88 Å². The Labute approximate surface area is 208 Å². The second-order valence-electron chi connectivity index (χ2n) is 7.95. The van der Waals surface area contributed by atoms with E-state index in [2.05, 4.69) is 10.3 Å². The van der Waals surface area contributed by atoms with Crippen LogP contribution in [0.5, 0.6) is 11.5 Å². The highest BCUT2D eigenvalue weighted by atomic mass is 32.1. The van der Waals surface area contributed by atoms with Crippen LogP contribution in [0.25, 0.3) is 10.9 Å². The van der Waals surface area contributed by atoms with E-state index in [4.69, 9.17) is 21.7 Å². The average Bonchev–Trinajstić information content (AvgIpc) is 2.86. The highest BCUT2D eigenvalue weighted by Crippen LogP contribution is 2.21. The summed E-state index contributed by atoms with van der Waals surface area (Å²) in [6.45, 7) is 3.17. The molecule has 0 fully saturated rings. The Hall–Kier alpha value is -3.91. The van der Waals surface area contributed by atoms with Crippen LogP contribution in [0, 0.1) is 5.82 Å². The van der Waals surface area contributed by atoms with Crippen molar-refractivity contribution in [3.05, 3.63) is 100 Å². The average molecular weight is 492 g/mol. The predicted molar refractivity (Wildman–Crippen MR) is 141 cm³/mol. The molecule has 3 aromatic carbocycles. The third-order valence-electron chi connectivity index (χ3n) is 5.48. The van der Waals surface area contributed by atoms with Gasteiger partial charge in [0.05, 0.1) is 25.8 Å². The molecule has 0 atom stereocenters. The van der Waals surface area contributed by atoms with Crippen LogP contribution < -0.4 is 20.3 Å². The van der Waals surface area contributed by atoms with E-state index in [0.29, 0.717) is 35.1 Å². The molecule has 0 bridgehead atoms. The Morgan fingerprint density at radius 2 is 1.71 bits per heavy atom. The molecule has 0 aliphatic rings. The maximum Gasteiger partial charge on any atom is 0.253 e. The second kappa shape index (κ2) is 11.0. The van der Waals surface area contributed by atoms with Gasteiger partial charge in [-0.15, -0.1) is 0 Å². The third kappa shape index (κ3) is 6.16. The topological polar surface area (TPSA) is 66.6 Å². The number of methoxy groups -OCH3 is 1. The van der Waals surface area contributed by atoms with Crippen molar-refractivity contribution in [1.29, 1.82) is 0 Å². The molecular formula is C27H26FN3O3S. The second-order valence-corrected chi connectivity index (χ2v) is 8.33. The highest BCUT2D eigenvalue weighted by molar-refractivity contribution is 7.80. The highest BCUT2D eigenvalue weighted by Gasteiger charge is 2.15. The first-order chi connectivity index (χ1) is 16.9. The number of aromatic nitrogens is 1. The molecule has 6 nitrogen and oxygen atoms in total. The number of thiocarbonyl (C=S) groups is 1. The number of hydrogen-bond acceptors (Lipinski definition) is 4. The minimum absolute atomic E-state index is 0.210. The van der Waals surface area contributed by atoms with Gasteiger partial charge in [0, 0.05) is 23.9 Å². The summed E-state index contributed by atoms with van der Waals surface area (Å²) in [6.07, 6.45) is 0. The number of hydrogen-bond donors (Lipinski definition) is 2. The number of ether oxygens (including phenoxy) is 2. The molecule has 0 saturated carbocycles. The fraction of sp³-hybridized carbons (Fsp3) is 0.185. The lowest BCUT2D eigenvalue weighted by Crippen LogP contribution is -2.35. The van der Waals surface area contributed by atoms with Gasteiger partial charge < -0.3 is 24.7 Å². The molecule has 180 valence electrons. The molecule has 8 heteroatoms. The van der Waals surface area contributed by atoms with Gasteiger partial charge >= 0.3 is 0 Å². The van der Waals surface area contributed by atoms with Crippen molar-refractivity contribution in [2.24, 2.45) is 0 Å². The van der Waals surface area contributed by atoms with Gasteiger partial charge in [-0.05, 0) is 84.7 Å². The lowest BCUT2D eigenvalue weighted by atomic mass is 10.1. The quantitative estimate of drug-likeness (QED) is 0.319. The van der Waals surface area contributed by atoms with Gasteiger partial charge in [0.1, 0.15) is 17.3 Å². The zero-order chi connectivity index (χ0) is 24.8. The summed E-state index contributed by atoms with van der Waals surface area (Å²) in [5.74, 6) is 1.13. The van der Waals surface area contributed by atoms with Gasteiger partial charge in [0.2, 0.25) is 0 Å². The number of pyridine rings is 1. The lowest BCUT2D eigenvalue weighted by molar-refractivity contribution is 0.340. The minimum Gasteiger partial charge on any atom is -0.497 e. The van der Waals surface area contributed by atoms with Crippen LogP contribution in [0.3, 0.4) is 0 Å². The molecule has 0 aliphatic heterocycles. The van der Waals surface area contributed by atoms with E-state index in [9.17, 15) is 9.18 Å². The van der Waals surface area contributed by atoms with Crippen LogP contribution >= 0.6 is 12.2 Å². The fourth-order valence-corrected chi connectivity index (χ4v) is 3.94. The number of halogens is 1. The largest absolute Gasteiger partial charge is 0.497 e. The summed E-state index contributed by atoms with van der Waals surface area (Å²) in [6, 6.07) is 21.1. The maximum atomic E-state index is 13.4. The molecule has 2 N–H and O–H groups in total. The molecule has 4 aromatic rings. The number of H-pyrrole nitrogens is 1. The number of fused-ring (bicyclic) bond motifs is 1. The van der Waals surface area contributed by atoms with Gasteiger partial charge in [-0.2, -0.15) is 0 Å². The van der Waals surface area contributed by atoms with Crippen LogP contribution in [0.2, 0.25) is 0 Å². The molecule has 1 heterocycles. The van der Waals surface area contributed by atoms with Crippen LogP contribution in [0.1, 0.15) is 18.1 Å². The summed E-state index contributed by atoms with van der Waals surface area (Å²) < 4.78 is 24.2. The monoisotopic (exact) mass is 491 g/mol. The van der Waals surface area contributed by atoms with E-state index in [-0.39, 0.29) is 17.9 Å². The van der Waals surface area contributed by atoms with Crippen molar-refractivity contribution in [2.45, 2.75) is 20.0 Å². The van der Waals surface area contributed by atoms with E-state index < -0.39 is 0 Å². The molecular weight excluding hydrogens is 465 g/mol. The smallest absolute Gasteiger partial charge is 0.253 e. The number of aromatic amines is 1. The first-order valence-electron chi connectivity index (χ1n) is 11.2. The summed E-state index contributed by atoms with van der Waals surface area (Å²) in [5, 5.41) is 4.55. The molecule has 0 saturated heterocycles. The van der Waals surface area contributed by atoms with Crippen LogP contribution in [0.4, 0.5) is 10.1 Å². The number of benzene rings is 3. The van der Waals surface area contributed by atoms with Gasteiger partial charge in [0.25, 0.3) is 5.56 Å². The maximum absolute atomic E-state index is 13.4. The molecule has 0 aliphatic carbocycles. The van der Waals surface area contributed by atoms with E-state index in [1.807, 2.05) is 54.3 Å². The molecule has 0 spiro atoms. The van der Waals surface area contributed by atoms with Gasteiger partial charge in [-0.3, -0.25) is 4.79 Å². The van der Waals surface area contributed by atoms with E-state index in [1.54, 1.807) is 25.3 Å². The molecule has 1 aromatic heterocycles. The SMILES string of the molecule is CCOc1ccc(NC(=S)N(Cc2ccc(F)cc2)Cc2cc3ccc(OC)cc3[nH]c2=O)cc1. The van der Waals surface area contributed by atoms with Crippen molar-refractivity contribution < 1.29 is 13.9 Å². The summed E-state index contributed by atoms with van der Waals surface area (Å²) >= 11 is 5.72. The number of rotatable bonds is 8. The van der Waals surface area contributed by atoms with E-state index in [0.717, 1.165) is 22.4 Å². The van der Waals surface area contributed by atoms with Crippen LogP contribution in [-0.2, 0) is 13.1 Å². The number of anilines is 1. The van der Waals surface area contributed by atoms with E-state index >= 15 is 0 Å². The summed E-state index contributed by atoms with van der Waals surface area (Å²) in [5.41, 5.74) is 2.70. The number of nitrogens with one attached hydrogen (secondary N) is 2. The van der Waals surface area contributed by atoms with Crippen molar-refractivity contribution in [2.75, 3.05) is 19.0 Å². The standard InChI is InChI=1S/C27H26FN3O3S/c1-3-34-23-12-9-22(10-13-23)29-27(35)31(16-18-4-7-21(28)8-5-18)17-20-14-19-6-11-24(33-2)15-25(19)30-26(20)32/h4-15H,3,16-17H2,1-2H3,(H,29,35)(H,30,32). The first-order valence-corrected chi connectivity index (χ1v) is 11.6. The lowest BCUT2D eigenvalue weighted by Gasteiger charge is -2.26. The Morgan fingerprint density at radius 3 is 2.40 bits per heavy atom. The molecule has 0 unspecified atom stereocenters. The Bertz CT molecular complexity index is 1370. The van der Waals surface area contributed by atoms with Crippen molar-refractivity contribution in [3.63, 3.8) is 0 Å². The normalized spacial score (nSPS) is 10.7. The van der Waals surface area contributed by atoms with Crippen LogP contribution in [-0.4, -0.2) is 28.7 Å². The van der Waals surface area contributed by atoms with Gasteiger partial charge in [-0.25, -0.2) is 4.39 Å². The van der Waals surface area contributed by atoms with Gasteiger partial charge in [-0.1, -0.05) is 12.1 Å². The first kappa shape index (κ1) is 24.2. The molecule has 0 radical (unpaired) electrons. The van der Waals surface area contributed by atoms with Gasteiger partial charge in [0.15, 0.2) is 5.11 Å². The summed E-state index contributed by atoms with van der Waals surface area (Å²) in [4.78, 5) is 17.7. The zero-order valence-electron chi connectivity index (χ0n) is 19.5. The Morgan fingerprint density at radius 1 is 1.00 bits per heavy atom. The number of nitrogens with zero attached hydrogens (tertiary/aromatic N) is 1. The Kier molecular flexibility index (Phi) is 7.62. The van der Waals surface area contributed by atoms with Crippen LogP contribution in [0.15, 0.2) is 77.6 Å². The summed E-state index contributed by atoms with van der Waals surface area (Å²) in [7, 11) is 1.58. The molecule has 4 rings (SSSR count). The Balaban J connectivity index is 1.60. The molecule has 0 amide bonds. The van der Waals surface area contributed by atoms with Crippen molar-refractivity contribution >= 4 is 33.9 Å². The molecule has 35 heavy (non-hydrogen) atoms. The fourth-order valence-electron chi connectivity index (χ4n) is 3.69. The third-order valence-corrected chi connectivity index (χ3v) is 5.84. The predicted octanol–water partition coefficient (Wildman–Crippen LogP) is 5.47. The van der Waals surface area contributed by atoms with E-state index in [1.165, 1.54) is 12.1 Å².